The normalized spacial score (nSPS) is 11.2. The van der Waals surface area contributed by atoms with Gasteiger partial charge in [-0.05, 0) is 19.9 Å². The standard InChI is InChI=1S/C14H18N6/c1-12-7-14-17-9-13(10-20(14)18-12)8-15-3-2-5-19-6-4-16-11-19/h4,6-7,9-11,15H,2-3,5,8H2,1H3. The van der Waals surface area contributed by atoms with E-state index in [1.165, 1.54) is 0 Å². The Bertz CT molecular complexity index is 670. The molecule has 0 fully saturated rings. The van der Waals surface area contributed by atoms with Crippen molar-refractivity contribution in [1.82, 2.24) is 29.5 Å². The molecule has 0 unspecified atom stereocenters. The van der Waals surface area contributed by atoms with Crippen molar-refractivity contribution in [2.45, 2.75) is 26.4 Å². The van der Waals surface area contributed by atoms with Crippen LogP contribution in [0.25, 0.3) is 5.65 Å². The molecular formula is C14H18N6. The predicted molar refractivity (Wildman–Crippen MR) is 76.3 cm³/mol. The Morgan fingerprint density at radius 3 is 3.15 bits per heavy atom. The highest BCUT2D eigenvalue weighted by Crippen LogP contribution is 2.04. The molecule has 6 heteroatoms. The summed E-state index contributed by atoms with van der Waals surface area (Å²) < 4.78 is 3.92. The number of imidazole rings is 1. The van der Waals surface area contributed by atoms with E-state index < -0.39 is 0 Å². The van der Waals surface area contributed by atoms with Crippen molar-refractivity contribution in [3.8, 4) is 0 Å². The predicted octanol–water partition coefficient (Wildman–Crippen LogP) is 1.41. The largest absolute Gasteiger partial charge is 0.337 e. The monoisotopic (exact) mass is 270 g/mol. The van der Waals surface area contributed by atoms with Crippen LogP contribution in [0.3, 0.4) is 0 Å². The summed E-state index contributed by atoms with van der Waals surface area (Å²) in [5, 5.41) is 7.79. The molecule has 0 amide bonds. The molecule has 0 aliphatic heterocycles. The molecule has 104 valence electrons. The van der Waals surface area contributed by atoms with Gasteiger partial charge in [0, 0.05) is 49.5 Å². The average Bonchev–Trinajstić information content (AvgIpc) is 3.06. The highest BCUT2D eigenvalue weighted by atomic mass is 15.2. The number of nitrogens with one attached hydrogen (secondary N) is 1. The van der Waals surface area contributed by atoms with Crippen LogP contribution in [0.4, 0.5) is 0 Å². The average molecular weight is 270 g/mol. The molecular weight excluding hydrogens is 252 g/mol. The Morgan fingerprint density at radius 2 is 2.30 bits per heavy atom. The molecule has 6 nitrogen and oxygen atoms in total. The lowest BCUT2D eigenvalue weighted by molar-refractivity contribution is 0.579. The number of nitrogens with zero attached hydrogens (tertiary/aromatic N) is 5. The highest BCUT2D eigenvalue weighted by Gasteiger charge is 2.00. The van der Waals surface area contributed by atoms with Gasteiger partial charge in [-0.25, -0.2) is 14.5 Å². The minimum Gasteiger partial charge on any atom is -0.337 e. The number of rotatable bonds is 6. The van der Waals surface area contributed by atoms with Crippen molar-refractivity contribution in [1.29, 1.82) is 0 Å². The van der Waals surface area contributed by atoms with Gasteiger partial charge in [-0.1, -0.05) is 0 Å². The summed E-state index contributed by atoms with van der Waals surface area (Å²) in [6, 6.07) is 1.97. The molecule has 20 heavy (non-hydrogen) atoms. The van der Waals surface area contributed by atoms with Crippen LogP contribution in [-0.2, 0) is 13.1 Å². The zero-order valence-corrected chi connectivity index (χ0v) is 11.5. The van der Waals surface area contributed by atoms with Gasteiger partial charge in [0.15, 0.2) is 5.65 Å². The van der Waals surface area contributed by atoms with E-state index in [2.05, 4.69) is 25.0 Å². The topological polar surface area (TPSA) is 60.0 Å². The van der Waals surface area contributed by atoms with E-state index in [1.807, 2.05) is 42.4 Å². The molecule has 0 atom stereocenters. The SMILES string of the molecule is Cc1cc2ncc(CNCCCn3ccnc3)cn2n1. The summed E-state index contributed by atoms with van der Waals surface area (Å²) in [5.41, 5.74) is 3.03. The molecule has 0 aliphatic rings. The summed E-state index contributed by atoms with van der Waals surface area (Å²) >= 11 is 0. The van der Waals surface area contributed by atoms with Crippen molar-refractivity contribution in [3.63, 3.8) is 0 Å². The van der Waals surface area contributed by atoms with Gasteiger partial charge >= 0.3 is 0 Å². The zero-order valence-electron chi connectivity index (χ0n) is 11.5. The zero-order chi connectivity index (χ0) is 13.8. The number of aromatic nitrogens is 5. The Morgan fingerprint density at radius 1 is 1.35 bits per heavy atom. The van der Waals surface area contributed by atoms with Crippen LogP contribution in [-0.4, -0.2) is 30.7 Å². The Hall–Kier alpha value is -2.21. The Balaban J connectivity index is 1.47. The maximum absolute atomic E-state index is 4.39. The van der Waals surface area contributed by atoms with Crippen LogP contribution in [0, 0.1) is 6.92 Å². The third-order valence-electron chi connectivity index (χ3n) is 3.15. The first-order valence-corrected chi connectivity index (χ1v) is 6.78. The molecule has 3 heterocycles. The maximum atomic E-state index is 4.39. The van der Waals surface area contributed by atoms with Crippen LogP contribution in [0.2, 0.25) is 0 Å². The first-order chi connectivity index (χ1) is 9.81. The Labute approximate surface area is 117 Å². The van der Waals surface area contributed by atoms with E-state index in [0.29, 0.717) is 0 Å². The van der Waals surface area contributed by atoms with Gasteiger partial charge < -0.3 is 9.88 Å². The van der Waals surface area contributed by atoms with E-state index in [0.717, 1.165) is 43.0 Å². The van der Waals surface area contributed by atoms with Gasteiger partial charge in [0.05, 0.1) is 12.0 Å². The van der Waals surface area contributed by atoms with E-state index in [-0.39, 0.29) is 0 Å². The van der Waals surface area contributed by atoms with Crippen LogP contribution in [0.1, 0.15) is 17.7 Å². The van der Waals surface area contributed by atoms with Gasteiger partial charge in [0.1, 0.15) is 0 Å². The van der Waals surface area contributed by atoms with Gasteiger partial charge in [0.25, 0.3) is 0 Å². The number of hydrogen-bond donors (Lipinski definition) is 1. The van der Waals surface area contributed by atoms with Crippen LogP contribution >= 0.6 is 0 Å². The number of fused-ring (bicyclic) bond motifs is 1. The number of aryl methyl sites for hydroxylation is 2. The second-order valence-electron chi connectivity index (χ2n) is 4.88. The molecule has 0 spiro atoms. The van der Waals surface area contributed by atoms with Crippen LogP contribution < -0.4 is 5.32 Å². The van der Waals surface area contributed by atoms with Gasteiger partial charge in [-0.3, -0.25) is 0 Å². The quantitative estimate of drug-likeness (QED) is 0.688. The van der Waals surface area contributed by atoms with Gasteiger partial charge in [0.2, 0.25) is 0 Å². The van der Waals surface area contributed by atoms with Crippen LogP contribution in [0.15, 0.2) is 37.2 Å². The molecule has 3 aromatic heterocycles. The second-order valence-corrected chi connectivity index (χ2v) is 4.88. The molecule has 0 aromatic carbocycles. The summed E-state index contributed by atoms with van der Waals surface area (Å²) in [4.78, 5) is 8.41. The van der Waals surface area contributed by atoms with Crippen molar-refractivity contribution >= 4 is 5.65 Å². The van der Waals surface area contributed by atoms with Crippen molar-refractivity contribution < 1.29 is 0 Å². The van der Waals surface area contributed by atoms with Crippen molar-refractivity contribution in [2.24, 2.45) is 0 Å². The molecule has 1 N–H and O–H groups in total. The van der Waals surface area contributed by atoms with Crippen LogP contribution in [0.5, 0.6) is 0 Å². The third-order valence-corrected chi connectivity index (χ3v) is 3.15. The highest BCUT2D eigenvalue weighted by molar-refractivity contribution is 5.38. The number of hydrogen-bond acceptors (Lipinski definition) is 4. The summed E-state index contributed by atoms with van der Waals surface area (Å²) in [5.74, 6) is 0. The fourth-order valence-corrected chi connectivity index (χ4v) is 2.16. The smallest absolute Gasteiger partial charge is 0.155 e. The van der Waals surface area contributed by atoms with Gasteiger partial charge in [-0.15, -0.1) is 0 Å². The van der Waals surface area contributed by atoms with E-state index in [9.17, 15) is 0 Å². The summed E-state index contributed by atoms with van der Waals surface area (Å²) in [6.07, 6.45) is 10.6. The molecule has 0 saturated heterocycles. The van der Waals surface area contributed by atoms with E-state index in [1.54, 1.807) is 6.20 Å². The third kappa shape index (κ3) is 3.03. The lowest BCUT2D eigenvalue weighted by Crippen LogP contribution is -2.16. The summed E-state index contributed by atoms with van der Waals surface area (Å²) in [6.45, 7) is 4.74. The minimum absolute atomic E-state index is 0.811. The molecule has 0 saturated carbocycles. The molecule has 3 rings (SSSR count). The van der Waals surface area contributed by atoms with E-state index >= 15 is 0 Å². The first kappa shape index (κ1) is 12.8. The van der Waals surface area contributed by atoms with Crippen molar-refractivity contribution in [2.75, 3.05) is 6.54 Å². The van der Waals surface area contributed by atoms with E-state index in [4.69, 9.17) is 0 Å². The minimum atomic E-state index is 0.811. The fraction of sp³-hybridized carbons (Fsp3) is 0.357. The molecule has 3 aromatic rings. The Kier molecular flexibility index (Phi) is 3.73. The van der Waals surface area contributed by atoms with Gasteiger partial charge in [-0.2, -0.15) is 5.10 Å². The molecule has 0 radical (unpaired) electrons. The second kappa shape index (κ2) is 5.83. The summed E-state index contributed by atoms with van der Waals surface area (Å²) in [7, 11) is 0. The molecule has 0 bridgehead atoms. The van der Waals surface area contributed by atoms with Crippen molar-refractivity contribution in [3.05, 3.63) is 48.4 Å². The lowest BCUT2D eigenvalue weighted by atomic mass is 10.3. The maximum Gasteiger partial charge on any atom is 0.155 e. The lowest BCUT2D eigenvalue weighted by Gasteiger charge is -2.05. The first-order valence-electron chi connectivity index (χ1n) is 6.78. The fourth-order valence-electron chi connectivity index (χ4n) is 2.16. The molecule has 0 aliphatic carbocycles.